The van der Waals surface area contributed by atoms with Crippen molar-refractivity contribution in [2.75, 3.05) is 12.3 Å². The zero-order valence-corrected chi connectivity index (χ0v) is 11.3. The lowest BCUT2D eigenvalue weighted by atomic mass is 10.2. The quantitative estimate of drug-likeness (QED) is 0.732. The number of hydrogen-bond acceptors (Lipinski definition) is 4. The molecule has 1 unspecified atom stereocenters. The fourth-order valence-electron chi connectivity index (χ4n) is 2.26. The van der Waals surface area contributed by atoms with E-state index in [2.05, 4.69) is 15.3 Å². The minimum atomic E-state index is 0.135. The molecule has 2 aromatic rings. The van der Waals surface area contributed by atoms with Gasteiger partial charge in [0, 0.05) is 23.9 Å². The lowest BCUT2D eigenvalue weighted by molar-refractivity contribution is -0.120. The van der Waals surface area contributed by atoms with Crippen LogP contribution in [0, 0.1) is 0 Å². The molecule has 0 radical (unpaired) electrons. The molecule has 19 heavy (non-hydrogen) atoms. The van der Waals surface area contributed by atoms with Crippen LogP contribution >= 0.6 is 11.8 Å². The van der Waals surface area contributed by atoms with E-state index in [-0.39, 0.29) is 5.91 Å². The lowest BCUT2D eigenvalue weighted by Crippen LogP contribution is -2.22. The van der Waals surface area contributed by atoms with E-state index in [1.54, 1.807) is 11.8 Å². The maximum Gasteiger partial charge on any atom is 0.221 e. The SMILES string of the molecule is Nc1ccc2nc(SC3CCCNC(=O)C3)[nH]c2c1. The highest BCUT2D eigenvalue weighted by molar-refractivity contribution is 7.99. The molecule has 0 bridgehead atoms. The maximum absolute atomic E-state index is 11.5. The van der Waals surface area contributed by atoms with Gasteiger partial charge in [0.15, 0.2) is 5.16 Å². The third-order valence-electron chi connectivity index (χ3n) is 3.20. The Hall–Kier alpha value is -1.69. The van der Waals surface area contributed by atoms with Crippen molar-refractivity contribution in [3.05, 3.63) is 18.2 Å². The molecule has 1 saturated heterocycles. The molecular weight excluding hydrogens is 260 g/mol. The number of aromatic amines is 1. The van der Waals surface area contributed by atoms with Crippen LogP contribution in [-0.4, -0.2) is 27.7 Å². The van der Waals surface area contributed by atoms with E-state index >= 15 is 0 Å². The molecule has 2 heterocycles. The van der Waals surface area contributed by atoms with Crippen LogP contribution < -0.4 is 11.1 Å². The number of carbonyl (C=O) groups excluding carboxylic acids is 1. The number of amides is 1. The minimum absolute atomic E-state index is 0.135. The predicted molar refractivity (Wildman–Crippen MR) is 77.0 cm³/mol. The molecule has 6 heteroatoms. The van der Waals surface area contributed by atoms with Crippen LogP contribution in [0.1, 0.15) is 19.3 Å². The molecule has 1 amide bonds. The number of fused-ring (bicyclic) bond motifs is 1. The first-order valence-corrected chi connectivity index (χ1v) is 7.27. The third kappa shape index (κ3) is 2.84. The van der Waals surface area contributed by atoms with Gasteiger partial charge in [0.25, 0.3) is 0 Å². The van der Waals surface area contributed by atoms with E-state index in [1.165, 1.54) is 0 Å². The average Bonchev–Trinajstić information content (AvgIpc) is 2.63. The van der Waals surface area contributed by atoms with Crippen molar-refractivity contribution in [1.82, 2.24) is 15.3 Å². The van der Waals surface area contributed by atoms with E-state index in [1.807, 2.05) is 18.2 Å². The van der Waals surface area contributed by atoms with Gasteiger partial charge >= 0.3 is 0 Å². The molecular formula is C13H16N4OS. The lowest BCUT2D eigenvalue weighted by Gasteiger charge is -2.09. The number of nitrogens with zero attached hydrogens (tertiary/aromatic N) is 1. The van der Waals surface area contributed by atoms with E-state index in [0.29, 0.717) is 11.7 Å². The Morgan fingerprint density at radius 2 is 2.32 bits per heavy atom. The second-order valence-electron chi connectivity index (χ2n) is 4.75. The minimum Gasteiger partial charge on any atom is -0.399 e. The Morgan fingerprint density at radius 1 is 1.42 bits per heavy atom. The van der Waals surface area contributed by atoms with Gasteiger partial charge in [-0.3, -0.25) is 4.79 Å². The molecule has 5 nitrogen and oxygen atoms in total. The molecule has 1 aliphatic heterocycles. The van der Waals surface area contributed by atoms with Gasteiger partial charge in [0.1, 0.15) is 0 Å². The van der Waals surface area contributed by atoms with Gasteiger partial charge in [-0.1, -0.05) is 11.8 Å². The Balaban J connectivity index is 1.78. The molecule has 1 aromatic carbocycles. The zero-order chi connectivity index (χ0) is 13.2. The first-order chi connectivity index (χ1) is 9.20. The summed E-state index contributed by atoms with van der Waals surface area (Å²) in [5, 5.41) is 4.05. The molecule has 0 aliphatic carbocycles. The van der Waals surface area contributed by atoms with E-state index < -0.39 is 0 Å². The summed E-state index contributed by atoms with van der Waals surface area (Å²) in [6.45, 7) is 0.784. The smallest absolute Gasteiger partial charge is 0.221 e. The van der Waals surface area contributed by atoms with E-state index in [9.17, 15) is 4.79 Å². The van der Waals surface area contributed by atoms with Gasteiger partial charge in [-0.2, -0.15) is 0 Å². The normalized spacial score (nSPS) is 20.2. The van der Waals surface area contributed by atoms with Crippen LogP contribution in [0.5, 0.6) is 0 Å². The molecule has 0 saturated carbocycles. The number of H-pyrrole nitrogens is 1. The largest absolute Gasteiger partial charge is 0.399 e. The number of benzene rings is 1. The fourth-order valence-corrected chi connectivity index (χ4v) is 3.41. The highest BCUT2D eigenvalue weighted by Crippen LogP contribution is 2.29. The third-order valence-corrected chi connectivity index (χ3v) is 4.35. The van der Waals surface area contributed by atoms with Gasteiger partial charge in [-0.05, 0) is 31.0 Å². The van der Waals surface area contributed by atoms with Crippen LogP contribution in [0.3, 0.4) is 0 Å². The number of imidazole rings is 1. The summed E-state index contributed by atoms with van der Waals surface area (Å²) in [4.78, 5) is 19.3. The van der Waals surface area contributed by atoms with Crippen LogP contribution in [0.15, 0.2) is 23.4 Å². The maximum atomic E-state index is 11.5. The van der Waals surface area contributed by atoms with Gasteiger partial charge in [-0.15, -0.1) is 0 Å². The number of anilines is 1. The van der Waals surface area contributed by atoms with Crippen molar-refractivity contribution in [2.45, 2.75) is 29.7 Å². The number of thioether (sulfide) groups is 1. The number of nitrogens with two attached hydrogens (primary N) is 1. The molecule has 0 spiro atoms. The summed E-state index contributed by atoms with van der Waals surface area (Å²) < 4.78 is 0. The predicted octanol–water partition coefficient (Wildman–Crippen LogP) is 1.91. The standard InChI is InChI=1S/C13H16N4OS/c14-8-3-4-10-11(6-8)17-13(16-10)19-9-2-1-5-15-12(18)7-9/h3-4,6,9H,1-2,5,7,14H2,(H,15,18)(H,16,17). The van der Waals surface area contributed by atoms with Crippen molar-refractivity contribution < 1.29 is 4.79 Å². The summed E-state index contributed by atoms with van der Waals surface area (Å²) in [5.74, 6) is 0.135. The number of rotatable bonds is 2. The average molecular weight is 276 g/mol. The monoisotopic (exact) mass is 276 g/mol. The van der Waals surface area contributed by atoms with Gasteiger partial charge < -0.3 is 16.0 Å². The first-order valence-electron chi connectivity index (χ1n) is 6.39. The molecule has 1 atom stereocenters. The van der Waals surface area contributed by atoms with Crippen LogP contribution in [0.2, 0.25) is 0 Å². The number of carbonyl (C=O) groups is 1. The Labute approximate surface area is 115 Å². The number of nitrogens with one attached hydrogen (secondary N) is 2. The first kappa shape index (κ1) is 12.3. The van der Waals surface area contributed by atoms with Gasteiger partial charge in [0.05, 0.1) is 11.0 Å². The highest BCUT2D eigenvalue weighted by Gasteiger charge is 2.19. The molecule has 4 N–H and O–H groups in total. The number of aromatic nitrogens is 2. The van der Waals surface area contributed by atoms with Crippen LogP contribution in [0.25, 0.3) is 11.0 Å². The van der Waals surface area contributed by atoms with Crippen molar-refractivity contribution in [3.63, 3.8) is 0 Å². The molecule has 1 aliphatic rings. The van der Waals surface area contributed by atoms with Crippen molar-refractivity contribution in [2.24, 2.45) is 0 Å². The number of nitrogen functional groups attached to an aromatic ring is 1. The van der Waals surface area contributed by atoms with E-state index in [0.717, 1.165) is 41.3 Å². The summed E-state index contributed by atoms with van der Waals surface area (Å²) in [7, 11) is 0. The summed E-state index contributed by atoms with van der Waals surface area (Å²) in [5.41, 5.74) is 8.33. The summed E-state index contributed by atoms with van der Waals surface area (Å²) in [6, 6.07) is 5.63. The van der Waals surface area contributed by atoms with Crippen LogP contribution in [-0.2, 0) is 4.79 Å². The Bertz CT molecular complexity index is 610. The van der Waals surface area contributed by atoms with Crippen molar-refractivity contribution in [3.8, 4) is 0 Å². The van der Waals surface area contributed by atoms with Gasteiger partial charge in [-0.25, -0.2) is 4.98 Å². The summed E-state index contributed by atoms with van der Waals surface area (Å²) in [6.07, 6.45) is 2.61. The van der Waals surface area contributed by atoms with E-state index in [4.69, 9.17) is 5.73 Å². The van der Waals surface area contributed by atoms with Crippen molar-refractivity contribution in [1.29, 1.82) is 0 Å². The topological polar surface area (TPSA) is 83.8 Å². The fraction of sp³-hybridized carbons (Fsp3) is 0.385. The number of hydrogen-bond donors (Lipinski definition) is 3. The Kier molecular flexibility index (Phi) is 3.33. The van der Waals surface area contributed by atoms with Crippen LogP contribution in [0.4, 0.5) is 5.69 Å². The molecule has 100 valence electrons. The molecule has 1 fully saturated rings. The zero-order valence-electron chi connectivity index (χ0n) is 10.5. The second-order valence-corrected chi connectivity index (χ2v) is 6.04. The second kappa shape index (κ2) is 5.13. The molecule has 1 aromatic heterocycles. The summed E-state index contributed by atoms with van der Waals surface area (Å²) >= 11 is 1.64. The molecule has 3 rings (SSSR count). The van der Waals surface area contributed by atoms with Gasteiger partial charge in [0.2, 0.25) is 5.91 Å². The van der Waals surface area contributed by atoms with Crippen molar-refractivity contribution >= 4 is 34.4 Å². The Morgan fingerprint density at radius 3 is 3.21 bits per heavy atom. The highest BCUT2D eigenvalue weighted by atomic mass is 32.2.